The minimum atomic E-state index is -0.292. The van der Waals surface area contributed by atoms with Crippen LogP contribution in [-0.4, -0.2) is 26.8 Å². The SMILES string of the molecule is Cc1c2cnn(CC(=O)NCCc3ccccc3)c(=O)c2c(C)n1Cc1ccc(F)cc1. The van der Waals surface area contributed by atoms with Crippen LogP contribution < -0.4 is 10.9 Å². The smallest absolute Gasteiger partial charge is 0.276 e. The number of carbonyl (C=O) groups is 1. The number of aryl methyl sites for hydroxylation is 2. The maximum atomic E-state index is 13.2. The Hall–Kier alpha value is -3.74. The Labute approximate surface area is 185 Å². The number of benzene rings is 2. The summed E-state index contributed by atoms with van der Waals surface area (Å²) < 4.78 is 16.4. The van der Waals surface area contributed by atoms with Crippen LogP contribution in [0.1, 0.15) is 22.5 Å². The largest absolute Gasteiger partial charge is 0.354 e. The van der Waals surface area contributed by atoms with Crippen LogP contribution in [0, 0.1) is 19.7 Å². The van der Waals surface area contributed by atoms with E-state index in [0.29, 0.717) is 18.5 Å². The third-order valence-corrected chi connectivity index (χ3v) is 5.73. The topological polar surface area (TPSA) is 68.9 Å². The Morgan fingerprint density at radius 1 is 1.00 bits per heavy atom. The van der Waals surface area contributed by atoms with Crippen molar-refractivity contribution in [3.63, 3.8) is 0 Å². The Morgan fingerprint density at radius 3 is 2.44 bits per heavy atom. The summed E-state index contributed by atoms with van der Waals surface area (Å²) in [5.74, 6) is -0.538. The van der Waals surface area contributed by atoms with Gasteiger partial charge in [-0.25, -0.2) is 9.07 Å². The van der Waals surface area contributed by atoms with E-state index in [4.69, 9.17) is 0 Å². The van der Waals surface area contributed by atoms with Crippen molar-refractivity contribution in [3.05, 3.63) is 99.5 Å². The molecule has 4 aromatic rings. The first kappa shape index (κ1) is 21.5. The van der Waals surface area contributed by atoms with Gasteiger partial charge in [0.15, 0.2) is 0 Å². The highest BCUT2D eigenvalue weighted by Crippen LogP contribution is 2.23. The summed E-state index contributed by atoms with van der Waals surface area (Å²) >= 11 is 0. The van der Waals surface area contributed by atoms with E-state index in [-0.39, 0.29) is 23.8 Å². The molecule has 0 atom stereocenters. The second-order valence-electron chi connectivity index (χ2n) is 7.87. The van der Waals surface area contributed by atoms with Crippen LogP contribution in [0.5, 0.6) is 0 Å². The minimum absolute atomic E-state index is 0.134. The molecule has 0 saturated carbocycles. The van der Waals surface area contributed by atoms with Crippen molar-refractivity contribution in [2.75, 3.05) is 6.54 Å². The number of aromatic nitrogens is 3. The summed E-state index contributed by atoms with van der Waals surface area (Å²) in [7, 11) is 0. The second-order valence-corrected chi connectivity index (χ2v) is 7.87. The van der Waals surface area contributed by atoms with Crippen molar-refractivity contribution in [3.8, 4) is 0 Å². The molecule has 6 nitrogen and oxygen atoms in total. The van der Waals surface area contributed by atoms with Crippen LogP contribution in [0.4, 0.5) is 4.39 Å². The molecule has 0 aliphatic heterocycles. The molecule has 1 N–H and O–H groups in total. The number of hydrogen-bond acceptors (Lipinski definition) is 3. The van der Waals surface area contributed by atoms with Crippen molar-refractivity contribution in [1.82, 2.24) is 19.7 Å². The van der Waals surface area contributed by atoms with Crippen molar-refractivity contribution in [2.45, 2.75) is 33.4 Å². The number of fused-ring (bicyclic) bond motifs is 1. The molecule has 0 aliphatic carbocycles. The Balaban J connectivity index is 1.51. The molecule has 0 aliphatic rings. The lowest BCUT2D eigenvalue weighted by Crippen LogP contribution is -2.34. The summed E-state index contributed by atoms with van der Waals surface area (Å²) in [5, 5.41) is 8.39. The molecule has 2 aromatic heterocycles. The predicted molar refractivity (Wildman–Crippen MR) is 122 cm³/mol. The molecule has 0 saturated heterocycles. The number of carbonyl (C=O) groups excluding carboxylic acids is 1. The van der Waals surface area contributed by atoms with E-state index in [9.17, 15) is 14.0 Å². The maximum Gasteiger partial charge on any atom is 0.276 e. The molecule has 4 rings (SSSR count). The lowest BCUT2D eigenvalue weighted by atomic mass is 10.1. The van der Waals surface area contributed by atoms with Gasteiger partial charge in [0.05, 0.1) is 11.6 Å². The van der Waals surface area contributed by atoms with Crippen molar-refractivity contribution >= 4 is 16.7 Å². The van der Waals surface area contributed by atoms with Gasteiger partial charge in [-0.2, -0.15) is 5.10 Å². The van der Waals surface area contributed by atoms with Crippen LogP contribution in [-0.2, 0) is 24.3 Å². The molecular weight excluding hydrogens is 407 g/mol. The highest BCUT2D eigenvalue weighted by molar-refractivity contribution is 5.87. The molecule has 32 heavy (non-hydrogen) atoms. The number of nitrogens with one attached hydrogen (secondary N) is 1. The first-order chi connectivity index (χ1) is 15.4. The normalized spacial score (nSPS) is 11.1. The van der Waals surface area contributed by atoms with Gasteiger partial charge in [0.2, 0.25) is 5.91 Å². The van der Waals surface area contributed by atoms with E-state index in [1.165, 1.54) is 16.8 Å². The molecule has 0 spiro atoms. The average Bonchev–Trinajstić information content (AvgIpc) is 3.03. The van der Waals surface area contributed by atoms with Gasteiger partial charge in [0.1, 0.15) is 12.4 Å². The highest BCUT2D eigenvalue weighted by atomic mass is 19.1. The van der Waals surface area contributed by atoms with Gasteiger partial charge in [-0.1, -0.05) is 42.5 Å². The van der Waals surface area contributed by atoms with Crippen molar-refractivity contribution in [2.24, 2.45) is 0 Å². The van der Waals surface area contributed by atoms with E-state index in [1.807, 2.05) is 48.7 Å². The zero-order valence-electron chi connectivity index (χ0n) is 18.1. The Kier molecular flexibility index (Phi) is 6.16. The lowest BCUT2D eigenvalue weighted by molar-refractivity contribution is -0.121. The molecule has 0 fully saturated rings. The summed E-state index contributed by atoms with van der Waals surface area (Å²) in [6, 6.07) is 16.2. The second kappa shape index (κ2) is 9.18. The fourth-order valence-corrected chi connectivity index (χ4v) is 3.95. The first-order valence-electron chi connectivity index (χ1n) is 10.5. The maximum absolute atomic E-state index is 13.2. The van der Waals surface area contributed by atoms with Crippen molar-refractivity contribution in [1.29, 1.82) is 0 Å². The summed E-state index contributed by atoms with van der Waals surface area (Å²) in [5.41, 5.74) is 3.49. The zero-order valence-corrected chi connectivity index (χ0v) is 18.1. The quantitative estimate of drug-likeness (QED) is 0.487. The molecule has 2 aromatic carbocycles. The highest BCUT2D eigenvalue weighted by Gasteiger charge is 2.17. The van der Waals surface area contributed by atoms with Crippen LogP contribution in [0.15, 0.2) is 65.6 Å². The Bertz CT molecular complexity index is 1310. The number of halogens is 1. The predicted octanol–water partition coefficient (Wildman–Crippen LogP) is 3.36. The molecule has 0 bridgehead atoms. The van der Waals surface area contributed by atoms with Gasteiger partial charge in [-0.3, -0.25) is 9.59 Å². The van der Waals surface area contributed by atoms with E-state index in [0.717, 1.165) is 34.3 Å². The van der Waals surface area contributed by atoms with Crippen LogP contribution in [0.2, 0.25) is 0 Å². The lowest BCUT2D eigenvalue weighted by Gasteiger charge is -2.09. The van der Waals surface area contributed by atoms with Crippen LogP contribution >= 0.6 is 0 Å². The average molecular weight is 432 g/mol. The Morgan fingerprint density at radius 2 is 1.72 bits per heavy atom. The fraction of sp³-hybridized carbons (Fsp3) is 0.240. The molecular formula is C25H25FN4O2. The van der Waals surface area contributed by atoms with Crippen LogP contribution in [0.3, 0.4) is 0 Å². The minimum Gasteiger partial charge on any atom is -0.354 e. The van der Waals surface area contributed by atoms with E-state index in [1.54, 1.807) is 18.3 Å². The third kappa shape index (κ3) is 4.46. The fourth-order valence-electron chi connectivity index (χ4n) is 3.95. The molecule has 0 unspecified atom stereocenters. The zero-order chi connectivity index (χ0) is 22.7. The third-order valence-electron chi connectivity index (χ3n) is 5.73. The van der Waals surface area contributed by atoms with Gasteiger partial charge in [-0.15, -0.1) is 0 Å². The molecule has 164 valence electrons. The molecule has 1 amide bonds. The number of hydrogen-bond donors (Lipinski definition) is 1. The van der Waals surface area contributed by atoms with E-state index in [2.05, 4.69) is 10.4 Å². The molecule has 0 radical (unpaired) electrons. The van der Waals surface area contributed by atoms with Gasteiger partial charge < -0.3 is 9.88 Å². The van der Waals surface area contributed by atoms with Gasteiger partial charge >= 0.3 is 0 Å². The number of nitrogens with zero attached hydrogens (tertiary/aromatic N) is 3. The standard InChI is InChI=1S/C25H25FN4O2/c1-17-22-14-28-30(16-23(31)27-13-12-19-6-4-3-5-7-19)25(32)24(22)18(2)29(17)15-20-8-10-21(26)11-9-20/h3-11,14H,12-13,15-16H2,1-2H3,(H,27,31). The molecule has 7 heteroatoms. The summed E-state index contributed by atoms with van der Waals surface area (Å²) in [6.07, 6.45) is 2.36. The summed E-state index contributed by atoms with van der Waals surface area (Å²) in [6.45, 7) is 4.69. The number of amides is 1. The van der Waals surface area contributed by atoms with E-state index >= 15 is 0 Å². The number of rotatable bonds is 7. The first-order valence-corrected chi connectivity index (χ1v) is 10.5. The monoisotopic (exact) mass is 432 g/mol. The molecule has 2 heterocycles. The van der Waals surface area contributed by atoms with Crippen molar-refractivity contribution < 1.29 is 9.18 Å². The summed E-state index contributed by atoms with van der Waals surface area (Å²) in [4.78, 5) is 25.5. The van der Waals surface area contributed by atoms with E-state index < -0.39 is 0 Å². The van der Waals surface area contributed by atoms with Gasteiger partial charge in [-0.05, 0) is 43.5 Å². The van der Waals surface area contributed by atoms with Gasteiger partial charge in [0, 0.05) is 29.9 Å². The van der Waals surface area contributed by atoms with Gasteiger partial charge in [0.25, 0.3) is 5.56 Å². The van der Waals surface area contributed by atoms with Crippen LogP contribution in [0.25, 0.3) is 10.8 Å².